The maximum absolute atomic E-state index is 6.84. The fourth-order valence-corrected chi connectivity index (χ4v) is 3.35. The molecular formula is C14H15Cl3N2. The first-order valence-electron chi connectivity index (χ1n) is 6.15. The fraction of sp³-hybridized carbons (Fsp3) is 0.357. The highest BCUT2D eigenvalue weighted by Crippen LogP contribution is 2.40. The normalized spacial score (nSPS) is 14.3. The summed E-state index contributed by atoms with van der Waals surface area (Å²) < 4.78 is 1.97. The Hall–Kier alpha value is -0.700. The zero-order valence-corrected chi connectivity index (χ0v) is 12.9. The van der Waals surface area contributed by atoms with Gasteiger partial charge < -0.3 is 4.57 Å². The van der Waals surface area contributed by atoms with Crippen LogP contribution in [0.5, 0.6) is 0 Å². The van der Waals surface area contributed by atoms with Crippen LogP contribution in [0.3, 0.4) is 0 Å². The summed E-state index contributed by atoms with van der Waals surface area (Å²) in [6.07, 6.45) is 7.20. The maximum atomic E-state index is 6.84. The fourth-order valence-electron chi connectivity index (χ4n) is 2.22. The third-order valence-electron chi connectivity index (χ3n) is 3.05. The van der Waals surface area contributed by atoms with Crippen molar-refractivity contribution in [3.05, 3.63) is 52.5 Å². The Bertz CT molecular complexity index is 540. The molecule has 0 aliphatic heterocycles. The average Bonchev–Trinajstić information content (AvgIpc) is 2.81. The van der Waals surface area contributed by atoms with Crippen molar-refractivity contribution >= 4 is 34.8 Å². The molecule has 2 nitrogen and oxygen atoms in total. The van der Waals surface area contributed by atoms with E-state index >= 15 is 0 Å². The topological polar surface area (TPSA) is 17.8 Å². The third kappa shape index (κ3) is 3.44. The van der Waals surface area contributed by atoms with Gasteiger partial charge in [-0.05, 0) is 24.1 Å². The van der Waals surface area contributed by atoms with Gasteiger partial charge in [0.25, 0.3) is 0 Å². The second-order valence-electron chi connectivity index (χ2n) is 4.57. The van der Waals surface area contributed by atoms with E-state index in [-0.39, 0.29) is 0 Å². The summed E-state index contributed by atoms with van der Waals surface area (Å²) in [4.78, 5) is 3.50. The van der Waals surface area contributed by atoms with Gasteiger partial charge in [-0.2, -0.15) is 0 Å². The Morgan fingerprint density at radius 3 is 2.68 bits per heavy atom. The summed E-state index contributed by atoms with van der Waals surface area (Å²) in [6, 6.07) is 5.47. The molecule has 0 bridgehead atoms. The Kier molecular flexibility index (Phi) is 4.77. The summed E-state index contributed by atoms with van der Waals surface area (Å²) >= 11 is 19.1. The average molecular weight is 318 g/mol. The quantitative estimate of drug-likeness (QED) is 0.699. The van der Waals surface area contributed by atoms with Gasteiger partial charge in [0.1, 0.15) is 0 Å². The van der Waals surface area contributed by atoms with Gasteiger partial charge in [-0.3, -0.25) is 0 Å². The number of alkyl halides is 1. The lowest BCUT2D eigenvalue weighted by molar-refractivity contribution is 0.462. The highest BCUT2D eigenvalue weighted by molar-refractivity contribution is 6.36. The minimum Gasteiger partial charge on any atom is -0.335 e. The number of aromatic nitrogens is 2. The van der Waals surface area contributed by atoms with Gasteiger partial charge in [0.15, 0.2) is 0 Å². The number of rotatable bonds is 5. The zero-order chi connectivity index (χ0) is 13.9. The molecule has 1 aromatic heterocycles. The Morgan fingerprint density at radius 1 is 1.32 bits per heavy atom. The number of imidazole rings is 1. The van der Waals surface area contributed by atoms with Crippen molar-refractivity contribution in [1.29, 1.82) is 0 Å². The summed E-state index contributed by atoms with van der Waals surface area (Å²) in [6.45, 7) is 2.73. The molecule has 1 atom stereocenters. The van der Waals surface area contributed by atoms with Gasteiger partial charge in [-0.15, -0.1) is 11.6 Å². The van der Waals surface area contributed by atoms with Crippen LogP contribution in [0.25, 0.3) is 0 Å². The molecule has 1 unspecified atom stereocenters. The van der Waals surface area contributed by atoms with Crippen molar-refractivity contribution in [3.8, 4) is 0 Å². The molecule has 19 heavy (non-hydrogen) atoms. The van der Waals surface area contributed by atoms with Crippen LogP contribution < -0.4 is 0 Å². The van der Waals surface area contributed by atoms with E-state index in [1.807, 2.05) is 22.9 Å². The zero-order valence-electron chi connectivity index (χ0n) is 10.6. The standard InChI is InChI=1S/C14H15Cl3N2/c1-2-5-14(17,9-19-7-6-18-10-19)12-4-3-11(15)8-13(12)16/h3-4,6-8,10H,2,5,9H2,1H3. The van der Waals surface area contributed by atoms with E-state index in [9.17, 15) is 0 Å². The summed E-state index contributed by atoms with van der Waals surface area (Å²) in [5.74, 6) is 0. The molecule has 2 rings (SSSR count). The van der Waals surface area contributed by atoms with Crippen LogP contribution in [0.4, 0.5) is 0 Å². The molecule has 5 heteroatoms. The highest BCUT2D eigenvalue weighted by Gasteiger charge is 2.31. The van der Waals surface area contributed by atoms with Crippen LogP contribution in [-0.4, -0.2) is 9.55 Å². The number of halogens is 3. The second-order valence-corrected chi connectivity index (χ2v) is 6.14. The molecule has 0 amide bonds. The van der Waals surface area contributed by atoms with E-state index in [4.69, 9.17) is 34.8 Å². The SMILES string of the molecule is CCCC(Cl)(Cn1ccnc1)c1ccc(Cl)cc1Cl. The molecule has 0 radical (unpaired) electrons. The molecule has 2 aromatic rings. The van der Waals surface area contributed by atoms with Gasteiger partial charge in [0.2, 0.25) is 0 Å². The van der Waals surface area contributed by atoms with Gasteiger partial charge in [-0.25, -0.2) is 4.98 Å². The minimum absolute atomic E-state index is 0.545. The van der Waals surface area contributed by atoms with Gasteiger partial charge in [0, 0.05) is 29.0 Å². The van der Waals surface area contributed by atoms with Crippen LogP contribution in [0.1, 0.15) is 25.3 Å². The monoisotopic (exact) mass is 316 g/mol. The lowest BCUT2D eigenvalue weighted by Gasteiger charge is -2.28. The molecule has 1 heterocycles. The number of hydrogen-bond acceptors (Lipinski definition) is 1. The Labute approximate surface area is 128 Å². The van der Waals surface area contributed by atoms with E-state index in [1.54, 1.807) is 18.6 Å². The predicted molar refractivity (Wildman–Crippen MR) is 81.1 cm³/mol. The van der Waals surface area contributed by atoms with Crippen LogP contribution in [0, 0.1) is 0 Å². The van der Waals surface area contributed by atoms with Crippen molar-refractivity contribution in [2.75, 3.05) is 0 Å². The minimum atomic E-state index is -0.545. The number of hydrogen-bond donors (Lipinski definition) is 0. The Balaban J connectivity index is 2.37. The van der Waals surface area contributed by atoms with Crippen LogP contribution >= 0.6 is 34.8 Å². The van der Waals surface area contributed by atoms with E-state index in [0.717, 1.165) is 18.4 Å². The largest absolute Gasteiger partial charge is 0.335 e. The summed E-state index contributed by atoms with van der Waals surface area (Å²) in [5.41, 5.74) is 0.913. The lowest BCUT2D eigenvalue weighted by Crippen LogP contribution is -2.25. The molecule has 0 aliphatic carbocycles. The van der Waals surface area contributed by atoms with E-state index in [1.165, 1.54) is 0 Å². The van der Waals surface area contributed by atoms with E-state index in [2.05, 4.69) is 11.9 Å². The van der Waals surface area contributed by atoms with E-state index < -0.39 is 4.87 Å². The lowest BCUT2D eigenvalue weighted by atomic mass is 9.93. The maximum Gasteiger partial charge on any atom is 0.0946 e. The summed E-state index contributed by atoms with van der Waals surface area (Å²) in [7, 11) is 0. The molecule has 0 N–H and O–H groups in total. The van der Waals surface area contributed by atoms with Gasteiger partial charge in [0.05, 0.1) is 11.2 Å². The van der Waals surface area contributed by atoms with Crippen LogP contribution in [-0.2, 0) is 11.4 Å². The van der Waals surface area contributed by atoms with E-state index in [0.29, 0.717) is 16.6 Å². The molecule has 0 aliphatic rings. The molecule has 0 saturated carbocycles. The van der Waals surface area contributed by atoms with Gasteiger partial charge in [-0.1, -0.05) is 42.6 Å². The van der Waals surface area contributed by atoms with Crippen molar-refractivity contribution in [3.63, 3.8) is 0 Å². The molecule has 0 spiro atoms. The smallest absolute Gasteiger partial charge is 0.0946 e. The van der Waals surface area contributed by atoms with Crippen molar-refractivity contribution in [1.82, 2.24) is 9.55 Å². The summed E-state index contributed by atoms with van der Waals surface area (Å²) in [5, 5.41) is 1.22. The molecule has 0 fully saturated rings. The molecule has 102 valence electrons. The first kappa shape index (κ1) is 14.7. The number of benzene rings is 1. The van der Waals surface area contributed by atoms with Crippen LogP contribution in [0.15, 0.2) is 36.9 Å². The Morgan fingerprint density at radius 2 is 2.11 bits per heavy atom. The highest BCUT2D eigenvalue weighted by atomic mass is 35.5. The molecular weight excluding hydrogens is 303 g/mol. The van der Waals surface area contributed by atoms with Crippen molar-refractivity contribution < 1.29 is 0 Å². The molecule has 0 saturated heterocycles. The predicted octanol–water partition coefficient (Wildman–Crippen LogP) is 5.12. The van der Waals surface area contributed by atoms with Crippen LogP contribution in [0.2, 0.25) is 10.0 Å². The first-order chi connectivity index (χ1) is 9.05. The number of nitrogens with zero attached hydrogens (tertiary/aromatic N) is 2. The van der Waals surface area contributed by atoms with Gasteiger partial charge >= 0.3 is 0 Å². The van der Waals surface area contributed by atoms with Crippen molar-refractivity contribution in [2.45, 2.75) is 31.2 Å². The second kappa shape index (κ2) is 6.17. The van der Waals surface area contributed by atoms with Crippen molar-refractivity contribution in [2.24, 2.45) is 0 Å². The third-order valence-corrected chi connectivity index (χ3v) is 4.11. The molecule has 1 aromatic carbocycles. The first-order valence-corrected chi connectivity index (χ1v) is 7.29.